The molecule has 0 heterocycles. The van der Waals surface area contributed by atoms with E-state index >= 15 is 0 Å². The first kappa shape index (κ1) is 13.3. The Kier molecular flexibility index (Phi) is 5.10. The number of nitrogens with one attached hydrogen (secondary N) is 1. The van der Waals surface area contributed by atoms with Crippen LogP contribution >= 0.6 is 11.6 Å². The van der Waals surface area contributed by atoms with Crippen molar-refractivity contribution < 1.29 is 5.11 Å². The molecule has 0 aromatic heterocycles. The van der Waals surface area contributed by atoms with Gasteiger partial charge in [0.15, 0.2) is 0 Å². The topological polar surface area (TPSA) is 32.3 Å². The zero-order valence-corrected chi connectivity index (χ0v) is 10.9. The monoisotopic (exact) mass is 241 g/mol. The van der Waals surface area contributed by atoms with Crippen LogP contribution < -0.4 is 5.32 Å². The van der Waals surface area contributed by atoms with Crippen LogP contribution in [0.3, 0.4) is 0 Å². The molecule has 0 saturated carbocycles. The Balaban J connectivity index is 2.58. The zero-order chi connectivity index (χ0) is 12.1. The molecule has 0 fully saturated rings. The van der Waals surface area contributed by atoms with Crippen LogP contribution in [-0.4, -0.2) is 11.1 Å². The van der Waals surface area contributed by atoms with Gasteiger partial charge in [0.05, 0.1) is 5.02 Å². The van der Waals surface area contributed by atoms with Crippen LogP contribution in [0.15, 0.2) is 18.2 Å². The number of hydrogen-bond acceptors (Lipinski definition) is 2. The first-order valence-corrected chi connectivity index (χ1v) is 6.13. The van der Waals surface area contributed by atoms with Crippen molar-refractivity contribution >= 4 is 11.6 Å². The molecule has 1 aromatic carbocycles. The molecule has 2 unspecified atom stereocenters. The maximum absolute atomic E-state index is 9.73. The smallest absolute Gasteiger partial charge is 0.138 e. The van der Waals surface area contributed by atoms with Crippen molar-refractivity contribution in [3.05, 3.63) is 28.8 Å². The molecule has 0 aliphatic carbocycles. The van der Waals surface area contributed by atoms with Gasteiger partial charge >= 0.3 is 0 Å². The molecule has 0 saturated heterocycles. The van der Waals surface area contributed by atoms with E-state index in [2.05, 4.69) is 26.1 Å². The number of phenols is 1. The zero-order valence-electron chi connectivity index (χ0n) is 10.1. The minimum Gasteiger partial charge on any atom is -0.506 e. The van der Waals surface area contributed by atoms with Crippen LogP contribution in [0, 0.1) is 5.92 Å². The molecule has 0 amide bonds. The molecule has 90 valence electrons. The summed E-state index contributed by atoms with van der Waals surface area (Å²) in [7, 11) is 0. The van der Waals surface area contributed by atoms with E-state index in [1.165, 1.54) is 0 Å². The summed E-state index contributed by atoms with van der Waals surface area (Å²) in [6.45, 7) is 7.21. The van der Waals surface area contributed by atoms with E-state index in [9.17, 15) is 5.11 Å². The Morgan fingerprint density at radius 1 is 1.38 bits per heavy atom. The Bertz CT molecular complexity index is 341. The van der Waals surface area contributed by atoms with Gasteiger partial charge in [-0.25, -0.2) is 0 Å². The minimum atomic E-state index is 0.188. The quantitative estimate of drug-likeness (QED) is 0.826. The minimum absolute atomic E-state index is 0.188. The summed E-state index contributed by atoms with van der Waals surface area (Å²) in [5.41, 5.74) is 0.850. The fourth-order valence-corrected chi connectivity index (χ4v) is 1.72. The van der Waals surface area contributed by atoms with Gasteiger partial charge in [0.25, 0.3) is 0 Å². The van der Waals surface area contributed by atoms with Crippen LogP contribution in [0.25, 0.3) is 0 Å². The molecule has 2 N–H and O–H groups in total. The second kappa shape index (κ2) is 6.12. The van der Waals surface area contributed by atoms with Gasteiger partial charge in [-0.2, -0.15) is 0 Å². The van der Waals surface area contributed by atoms with Crippen LogP contribution in [0.5, 0.6) is 5.75 Å². The summed E-state index contributed by atoms with van der Waals surface area (Å²) >= 11 is 5.84. The van der Waals surface area contributed by atoms with Gasteiger partial charge in [0.1, 0.15) is 5.75 Å². The van der Waals surface area contributed by atoms with Gasteiger partial charge in [-0.15, -0.1) is 0 Å². The molecule has 2 nitrogen and oxygen atoms in total. The Labute approximate surface area is 103 Å². The van der Waals surface area contributed by atoms with Crippen molar-refractivity contribution in [1.82, 2.24) is 5.32 Å². The summed E-state index contributed by atoms with van der Waals surface area (Å²) in [6, 6.07) is 5.87. The number of halogens is 1. The van der Waals surface area contributed by atoms with E-state index in [0.717, 1.165) is 12.0 Å². The second-order valence-corrected chi connectivity index (χ2v) is 4.71. The maximum Gasteiger partial charge on any atom is 0.138 e. The fraction of sp³-hybridized carbons (Fsp3) is 0.538. The van der Waals surface area contributed by atoms with Crippen molar-refractivity contribution in [1.29, 1.82) is 0 Å². The largest absolute Gasteiger partial charge is 0.506 e. The molecule has 1 rings (SSSR count). The van der Waals surface area contributed by atoms with Crippen LogP contribution in [0.4, 0.5) is 0 Å². The molecular weight excluding hydrogens is 222 g/mol. The maximum atomic E-state index is 9.73. The second-order valence-electron chi connectivity index (χ2n) is 4.30. The first-order chi connectivity index (χ1) is 7.56. The van der Waals surface area contributed by atoms with Crippen LogP contribution in [0.1, 0.15) is 32.8 Å². The third-order valence-electron chi connectivity index (χ3n) is 3.18. The lowest BCUT2D eigenvalue weighted by Gasteiger charge is -2.20. The average molecular weight is 242 g/mol. The standard InChI is InChI=1S/C13H20ClNO/c1-4-9(2)10(3)15-8-11-6-5-7-12(14)13(11)16/h5-7,9-10,15-16H,4,8H2,1-3H3. The molecule has 0 aliphatic rings. The Hall–Kier alpha value is -0.730. The number of aromatic hydroxyl groups is 1. The highest BCUT2D eigenvalue weighted by atomic mass is 35.5. The van der Waals surface area contributed by atoms with E-state index in [4.69, 9.17) is 11.6 Å². The Morgan fingerprint density at radius 2 is 2.06 bits per heavy atom. The SMILES string of the molecule is CCC(C)C(C)NCc1cccc(Cl)c1O. The van der Waals surface area contributed by atoms with Crippen LogP contribution in [-0.2, 0) is 6.54 Å². The summed E-state index contributed by atoms with van der Waals surface area (Å²) < 4.78 is 0. The van der Waals surface area contributed by atoms with E-state index < -0.39 is 0 Å². The lowest BCUT2D eigenvalue weighted by atomic mass is 10.0. The average Bonchev–Trinajstić information content (AvgIpc) is 2.29. The number of rotatable bonds is 5. The fourth-order valence-electron chi connectivity index (χ4n) is 1.53. The van der Waals surface area contributed by atoms with Crippen molar-refractivity contribution in [2.24, 2.45) is 5.92 Å². The van der Waals surface area contributed by atoms with Crippen molar-refractivity contribution in [2.75, 3.05) is 0 Å². The normalized spacial score (nSPS) is 14.8. The summed E-state index contributed by atoms with van der Waals surface area (Å²) in [4.78, 5) is 0. The van der Waals surface area contributed by atoms with Gasteiger partial charge in [0, 0.05) is 18.2 Å². The van der Waals surface area contributed by atoms with E-state index in [-0.39, 0.29) is 5.75 Å². The highest BCUT2D eigenvalue weighted by Gasteiger charge is 2.11. The van der Waals surface area contributed by atoms with Crippen molar-refractivity contribution in [3.63, 3.8) is 0 Å². The molecule has 1 aromatic rings. The van der Waals surface area contributed by atoms with Gasteiger partial charge in [0.2, 0.25) is 0 Å². The van der Waals surface area contributed by atoms with Gasteiger partial charge < -0.3 is 10.4 Å². The van der Waals surface area contributed by atoms with Gasteiger partial charge in [-0.3, -0.25) is 0 Å². The third-order valence-corrected chi connectivity index (χ3v) is 3.49. The molecule has 0 radical (unpaired) electrons. The number of benzene rings is 1. The third kappa shape index (κ3) is 3.39. The highest BCUT2D eigenvalue weighted by molar-refractivity contribution is 6.32. The predicted octanol–water partition coefficient (Wildman–Crippen LogP) is 3.57. The van der Waals surface area contributed by atoms with E-state index in [0.29, 0.717) is 23.5 Å². The number of phenolic OH excluding ortho intramolecular Hbond substituents is 1. The summed E-state index contributed by atoms with van der Waals surface area (Å²) in [5, 5.41) is 13.5. The van der Waals surface area contributed by atoms with Gasteiger partial charge in [-0.1, -0.05) is 44.0 Å². The molecule has 0 spiro atoms. The predicted molar refractivity (Wildman–Crippen MR) is 68.9 cm³/mol. The van der Waals surface area contributed by atoms with Gasteiger partial charge in [-0.05, 0) is 18.9 Å². The van der Waals surface area contributed by atoms with Crippen LogP contribution in [0.2, 0.25) is 5.02 Å². The highest BCUT2D eigenvalue weighted by Crippen LogP contribution is 2.26. The Morgan fingerprint density at radius 3 is 2.69 bits per heavy atom. The van der Waals surface area contributed by atoms with Crippen molar-refractivity contribution in [3.8, 4) is 5.75 Å². The number of hydrogen-bond donors (Lipinski definition) is 2. The molecule has 0 bridgehead atoms. The first-order valence-electron chi connectivity index (χ1n) is 5.76. The lowest BCUT2D eigenvalue weighted by molar-refractivity contribution is 0.384. The number of para-hydroxylation sites is 1. The van der Waals surface area contributed by atoms with E-state index in [1.54, 1.807) is 6.07 Å². The van der Waals surface area contributed by atoms with E-state index in [1.807, 2.05) is 12.1 Å². The molecule has 2 atom stereocenters. The molecular formula is C13H20ClNO. The van der Waals surface area contributed by atoms with Crippen molar-refractivity contribution in [2.45, 2.75) is 39.8 Å². The summed E-state index contributed by atoms with van der Waals surface area (Å²) in [5.74, 6) is 0.814. The molecule has 0 aliphatic heterocycles. The molecule has 16 heavy (non-hydrogen) atoms. The summed E-state index contributed by atoms with van der Waals surface area (Å²) in [6.07, 6.45) is 1.15. The molecule has 3 heteroatoms. The lowest BCUT2D eigenvalue weighted by Crippen LogP contribution is -2.31.